The maximum absolute atomic E-state index is 11.5. The highest BCUT2D eigenvalue weighted by Gasteiger charge is 2.26. The Bertz CT molecular complexity index is 474. The molecule has 0 aliphatic rings. The van der Waals surface area contributed by atoms with Gasteiger partial charge in [-0.1, -0.05) is 0 Å². The Morgan fingerprint density at radius 1 is 1.53 bits per heavy atom. The zero-order valence-electron chi connectivity index (χ0n) is 7.46. The Morgan fingerprint density at radius 3 is 2.73 bits per heavy atom. The van der Waals surface area contributed by atoms with E-state index in [9.17, 15) is 18.5 Å². The Morgan fingerprint density at radius 2 is 2.20 bits per heavy atom. The molecule has 1 rings (SSSR count). The van der Waals surface area contributed by atoms with Crippen molar-refractivity contribution in [3.63, 3.8) is 0 Å². The fourth-order valence-electron chi connectivity index (χ4n) is 0.959. The van der Waals surface area contributed by atoms with E-state index in [1.165, 1.54) is 12.3 Å². The second kappa shape index (κ2) is 4.54. The van der Waals surface area contributed by atoms with Crippen LogP contribution in [-0.4, -0.2) is 30.0 Å². The van der Waals surface area contributed by atoms with E-state index >= 15 is 0 Å². The molecular weight excluding hydrogens is 244 g/mol. The first kappa shape index (κ1) is 11.9. The Hall–Kier alpha value is -1.21. The SMILES string of the molecule is O=[N+]([O-])c1cccnc1S(=O)(=O)CCCl. The number of aromatic nitrogens is 1. The zero-order chi connectivity index (χ0) is 11.5. The van der Waals surface area contributed by atoms with Crippen molar-refractivity contribution in [2.24, 2.45) is 0 Å². The van der Waals surface area contributed by atoms with Crippen LogP contribution in [0.25, 0.3) is 0 Å². The Kier molecular flexibility index (Phi) is 3.59. The monoisotopic (exact) mass is 250 g/mol. The molecule has 8 heteroatoms. The highest BCUT2D eigenvalue weighted by molar-refractivity contribution is 7.91. The lowest BCUT2D eigenvalue weighted by molar-refractivity contribution is -0.388. The normalized spacial score (nSPS) is 11.3. The zero-order valence-corrected chi connectivity index (χ0v) is 9.03. The standard InChI is InChI=1S/C7H7ClN2O4S/c8-3-5-15(13,14)7-6(10(11)12)2-1-4-9-7/h1-2,4H,3,5H2. The fraction of sp³-hybridized carbons (Fsp3) is 0.286. The average molecular weight is 251 g/mol. The van der Waals surface area contributed by atoms with Gasteiger partial charge in [-0.25, -0.2) is 13.4 Å². The van der Waals surface area contributed by atoms with E-state index in [1.807, 2.05) is 0 Å². The van der Waals surface area contributed by atoms with Crippen molar-refractivity contribution < 1.29 is 13.3 Å². The number of alkyl halides is 1. The predicted octanol–water partition coefficient (Wildman–Crippen LogP) is 1.00. The van der Waals surface area contributed by atoms with E-state index in [4.69, 9.17) is 11.6 Å². The molecule has 0 aromatic carbocycles. The Balaban J connectivity index is 3.31. The molecule has 82 valence electrons. The molecule has 0 bridgehead atoms. The topological polar surface area (TPSA) is 90.2 Å². The molecule has 0 N–H and O–H groups in total. The largest absolute Gasteiger partial charge is 0.306 e. The summed E-state index contributed by atoms with van der Waals surface area (Å²) in [6.45, 7) is 0. The average Bonchev–Trinajstić information content (AvgIpc) is 2.17. The summed E-state index contributed by atoms with van der Waals surface area (Å²) in [5.41, 5.74) is -0.525. The van der Waals surface area contributed by atoms with Gasteiger partial charge in [-0.15, -0.1) is 11.6 Å². The molecule has 0 aliphatic carbocycles. The second-order valence-corrected chi connectivity index (χ2v) is 5.00. The molecule has 0 saturated heterocycles. The minimum atomic E-state index is -3.77. The van der Waals surface area contributed by atoms with E-state index in [0.29, 0.717) is 0 Å². The molecule has 0 unspecified atom stereocenters. The van der Waals surface area contributed by atoms with Crippen molar-refractivity contribution >= 4 is 27.1 Å². The molecule has 0 radical (unpaired) electrons. The number of hydrogen-bond acceptors (Lipinski definition) is 5. The number of rotatable bonds is 4. The number of pyridine rings is 1. The van der Waals surface area contributed by atoms with Crippen molar-refractivity contribution in [1.82, 2.24) is 4.98 Å². The Labute approximate surface area is 91.0 Å². The third-order valence-corrected chi connectivity index (χ3v) is 3.65. The summed E-state index contributed by atoms with van der Waals surface area (Å²) in [5.74, 6) is -0.498. The summed E-state index contributed by atoms with van der Waals surface area (Å²) < 4.78 is 23.0. The highest BCUT2D eigenvalue weighted by atomic mass is 35.5. The van der Waals surface area contributed by atoms with Crippen molar-refractivity contribution in [1.29, 1.82) is 0 Å². The maximum Gasteiger partial charge on any atom is 0.306 e. The van der Waals surface area contributed by atoms with E-state index in [2.05, 4.69) is 4.98 Å². The molecule has 0 atom stereocenters. The van der Waals surface area contributed by atoms with Crippen LogP contribution < -0.4 is 0 Å². The molecule has 0 amide bonds. The molecule has 15 heavy (non-hydrogen) atoms. The van der Waals surface area contributed by atoms with Crippen LogP contribution in [0.3, 0.4) is 0 Å². The summed E-state index contributed by atoms with van der Waals surface area (Å²) in [4.78, 5) is 13.3. The summed E-state index contributed by atoms with van der Waals surface area (Å²) in [5, 5.41) is 10.0. The molecule has 1 heterocycles. The number of hydrogen-bond donors (Lipinski definition) is 0. The van der Waals surface area contributed by atoms with Gasteiger partial charge in [0.05, 0.1) is 10.7 Å². The van der Waals surface area contributed by atoms with Gasteiger partial charge in [0, 0.05) is 18.1 Å². The van der Waals surface area contributed by atoms with Crippen LogP contribution in [0.15, 0.2) is 23.4 Å². The molecule has 0 aliphatic heterocycles. The first-order valence-electron chi connectivity index (χ1n) is 3.87. The molecule has 1 aromatic heterocycles. The van der Waals surface area contributed by atoms with Gasteiger partial charge in [-0.3, -0.25) is 10.1 Å². The summed E-state index contributed by atoms with van der Waals surface area (Å²) in [6.07, 6.45) is 1.19. The summed E-state index contributed by atoms with van der Waals surface area (Å²) in [6, 6.07) is 2.39. The van der Waals surface area contributed by atoms with Gasteiger partial charge in [0.1, 0.15) is 0 Å². The number of sulfone groups is 1. The first-order valence-corrected chi connectivity index (χ1v) is 6.06. The second-order valence-electron chi connectivity index (χ2n) is 2.59. The third kappa shape index (κ3) is 2.63. The van der Waals surface area contributed by atoms with Gasteiger partial charge in [-0.2, -0.15) is 0 Å². The minimum Gasteiger partial charge on any atom is -0.258 e. The van der Waals surface area contributed by atoms with Crippen LogP contribution >= 0.6 is 11.6 Å². The maximum atomic E-state index is 11.5. The lowest BCUT2D eigenvalue weighted by Gasteiger charge is -2.01. The lowest BCUT2D eigenvalue weighted by atomic mass is 10.4. The molecule has 0 saturated carbocycles. The van der Waals surface area contributed by atoms with E-state index < -0.39 is 25.5 Å². The van der Waals surface area contributed by atoms with Crippen molar-refractivity contribution in [2.45, 2.75) is 5.03 Å². The van der Waals surface area contributed by atoms with Crippen LogP contribution in [0.4, 0.5) is 5.69 Å². The summed E-state index contributed by atoms with van der Waals surface area (Å²) >= 11 is 5.29. The van der Waals surface area contributed by atoms with Gasteiger partial charge >= 0.3 is 5.69 Å². The van der Waals surface area contributed by atoms with E-state index in [0.717, 1.165) is 6.07 Å². The number of nitrogens with zero attached hydrogens (tertiary/aromatic N) is 2. The van der Waals surface area contributed by atoms with Gasteiger partial charge in [0.15, 0.2) is 0 Å². The lowest BCUT2D eigenvalue weighted by Crippen LogP contribution is -2.12. The van der Waals surface area contributed by atoms with Crippen molar-refractivity contribution in [3.05, 3.63) is 28.4 Å². The first-order chi connectivity index (χ1) is 6.99. The van der Waals surface area contributed by atoms with Crippen LogP contribution in [0, 0.1) is 10.1 Å². The highest BCUT2D eigenvalue weighted by Crippen LogP contribution is 2.21. The van der Waals surface area contributed by atoms with Crippen LogP contribution in [0.5, 0.6) is 0 Å². The van der Waals surface area contributed by atoms with Crippen LogP contribution in [0.2, 0.25) is 0 Å². The smallest absolute Gasteiger partial charge is 0.258 e. The quantitative estimate of drug-likeness (QED) is 0.452. The molecule has 6 nitrogen and oxygen atoms in total. The molecule has 1 aromatic rings. The van der Waals surface area contributed by atoms with Gasteiger partial charge in [0.2, 0.25) is 14.9 Å². The number of halogens is 1. The molecular formula is C7H7ClN2O4S. The molecule has 0 fully saturated rings. The van der Waals surface area contributed by atoms with E-state index in [1.54, 1.807) is 0 Å². The van der Waals surface area contributed by atoms with Crippen molar-refractivity contribution in [3.8, 4) is 0 Å². The van der Waals surface area contributed by atoms with Crippen LogP contribution in [0.1, 0.15) is 0 Å². The minimum absolute atomic E-state index is 0.129. The molecule has 0 spiro atoms. The van der Waals surface area contributed by atoms with Gasteiger partial charge in [-0.05, 0) is 6.07 Å². The van der Waals surface area contributed by atoms with Crippen molar-refractivity contribution in [2.75, 3.05) is 11.6 Å². The van der Waals surface area contributed by atoms with E-state index in [-0.39, 0.29) is 11.6 Å². The fourth-order valence-corrected chi connectivity index (χ4v) is 2.65. The number of nitro groups is 1. The van der Waals surface area contributed by atoms with Gasteiger partial charge in [0.25, 0.3) is 0 Å². The summed E-state index contributed by atoms with van der Waals surface area (Å²) in [7, 11) is -3.77. The third-order valence-electron chi connectivity index (χ3n) is 1.59. The van der Waals surface area contributed by atoms with Crippen LogP contribution in [-0.2, 0) is 9.84 Å². The van der Waals surface area contributed by atoms with Gasteiger partial charge < -0.3 is 0 Å². The predicted molar refractivity (Wildman–Crippen MR) is 53.7 cm³/mol.